The van der Waals surface area contributed by atoms with Crippen LogP contribution in [0.1, 0.15) is 56.0 Å². The van der Waals surface area contributed by atoms with Gasteiger partial charge in [-0.2, -0.15) is 0 Å². The Labute approximate surface area is 242 Å². The molecule has 7 heteroatoms. The summed E-state index contributed by atoms with van der Waals surface area (Å²) in [6, 6.07) is 24.5. The van der Waals surface area contributed by atoms with Gasteiger partial charge < -0.3 is 19.2 Å². The minimum absolute atomic E-state index is 0.170. The predicted octanol–water partition coefficient (Wildman–Crippen LogP) is 6.42. The van der Waals surface area contributed by atoms with Gasteiger partial charge in [0.2, 0.25) is 11.5 Å². The first kappa shape index (κ1) is 29.6. The summed E-state index contributed by atoms with van der Waals surface area (Å²) in [5.74, 6) is -0.170. The Morgan fingerprint density at radius 2 is 1.49 bits per heavy atom. The van der Waals surface area contributed by atoms with Crippen molar-refractivity contribution in [2.45, 2.75) is 66.2 Å². The molecule has 0 aliphatic carbocycles. The molecule has 0 radical (unpaired) electrons. The highest BCUT2D eigenvalue weighted by Crippen LogP contribution is 2.22. The number of aryl methyl sites for hydroxylation is 2. The third-order valence-electron chi connectivity index (χ3n) is 6.72. The molecule has 1 atom stereocenters. The number of fused-ring (bicyclic) bond motifs is 1. The second-order valence-electron chi connectivity index (χ2n) is 11.4. The van der Waals surface area contributed by atoms with Crippen LogP contribution in [0, 0.1) is 13.8 Å². The van der Waals surface area contributed by atoms with E-state index in [1.807, 2.05) is 52.0 Å². The van der Waals surface area contributed by atoms with Gasteiger partial charge in [0, 0.05) is 6.54 Å². The molecule has 4 aromatic rings. The first-order valence-corrected chi connectivity index (χ1v) is 14.0. The Kier molecular flexibility index (Phi) is 9.28. The molecular formula is C34H40N4O3. The average molecular weight is 553 g/mol. The lowest BCUT2D eigenvalue weighted by atomic mass is 10.0. The zero-order chi connectivity index (χ0) is 29.6. The molecule has 7 nitrogen and oxygen atoms in total. The van der Waals surface area contributed by atoms with Gasteiger partial charge in [0.05, 0.1) is 23.6 Å². The summed E-state index contributed by atoms with van der Waals surface area (Å²) in [4.78, 5) is 30.3. The van der Waals surface area contributed by atoms with Gasteiger partial charge in [0.15, 0.2) is 0 Å². The molecule has 0 bridgehead atoms. The van der Waals surface area contributed by atoms with E-state index in [0.717, 1.165) is 22.2 Å². The van der Waals surface area contributed by atoms with Crippen molar-refractivity contribution in [1.82, 2.24) is 14.5 Å². The number of allylic oxidation sites excluding steroid dienone is 1. The van der Waals surface area contributed by atoms with Crippen molar-refractivity contribution in [2.75, 3.05) is 6.54 Å². The Morgan fingerprint density at radius 1 is 0.902 bits per heavy atom. The van der Waals surface area contributed by atoms with Crippen LogP contribution in [0.2, 0.25) is 0 Å². The van der Waals surface area contributed by atoms with Gasteiger partial charge in [-0.15, -0.1) is 4.99 Å². The summed E-state index contributed by atoms with van der Waals surface area (Å²) in [5.41, 5.74) is 6.18. The predicted molar refractivity (Wildman–Crippen MR) is 164 cm³/mol. The van der Waals surface area contributed by atoms with Crippen molar-refractivity contribution < 1.29 is 14.3 Å². The summed E-state index contributed by atoms with van der Waals surface area (Å²) in [5, 5.41) is 3.05. The number of hydrogen-bond acceptors (Lipinski definition) is 3. The minimum Gasteiger partial charge on any atom is -0.442 e. The van der Waals surface area contributed by atoms with E-state index in [2.05, 4.69) is 81.8 Å². The molecule has 41 heavy (non-hydrogen) atoms. The van der Waals surface area contributed by atoms with Crippen LogP contribution in [0.4, 0.5) is 4.79 Å². The first-order valence-electron chi connectivity index (χ1n) is 14.0. The van der Waals surface area contributed by atoms with Crippen LogP contribution in [0.3, 0.4) is 0 Å². The lowest BCUT2D eigenvalue weighted by Gasteiger charge is -2.21. The van der Waals surface area contributed by atoms with Crippen molar-refractivity contribution in [1.29, 1.82) is 0 Å². The molecule has 0 spiro atoms. The number of ether oxygens (including phenoxy) is 1. The van der Waals surface area contributed by atoms with Crippen LogP contribution >= 0.6 is 0 Å². The van der Waals surface area contributed by atoms with E-state index in [4.69, 9.17) is 4.74 Å². The van der Waals surface area contributed by atoms with E-state index in [1.165, 1.54) is 17.2 Å². The molecule has 3 aromatic carbocycles. The third kappa shape index (κ3) is 7.84. The van der Waals surface area contributed by atoms with Gasteiger partial charge in [-0.25, -0.2) is 4.79 Å². The van der Waals surface area contributed by atoms with E-state index < -0.39 is 11.7 Å². The van der Waals surface area contributed by atoms with E-state index in [0.29, 0.717) is 25.1 Å². The normalized spacial score (nSPS) is 13.1. The van der Waals surface area contributed by atoms with E-state index in [1.54, 1.807) is 6.08 Å². The molecule has 4 rings (SSSR count). The fourth-order valence-electron chi connectivity index (χ4n) is 4.79. The topological polar surface area (TPSA) is 77.6 Å². The molecule has 1 unspecified atom stereocenters. The monoisotopic (exact) mass is 552 g/mol. The first-order chi connectivity index (χ1) is 19.5. The number of nitrogens with zero attached hydrogens (tertiary/aromatic N) is 3. The maximum Gasteiger partial charge on any atom is 0.437 e. The zero-order valence-electron chi connectivity index (χ0n) is 24.8. The maximum absolute atomic E-state index is 13.2. The Morgan fingerprint density at radius 3 is 2.07 bits per heavy atom. The van der Waals surface area contributed by atoms with Gasteiger partial charge in [-0.3, -0.25) is 4.79 Å². The molecular weight excluding hydrogens is 512 g/mol. The van der Waals surface area contributed by atoms with Crippen LogP contribution in [0.15, 0.2) is 89.9 Å². The molecule has 0 aliphatic rings. The number of benzene rings is 3. The number of nitrogens with one attached hydrogen (secondary N) is 1. The molecule has 1 aromatic heterocycles. The number of aromatic nitrogens is 2. The number of imidazole rings is 1. The molecule has 2 amide bonds. The van der Waals surface area contributed by atoms with Gasteiger partial charge in [-0.1, -0.05) is 77.9 Å². The highest BCUT2D eigenvalue weighted by Gasteiger charge is 2.23. The van der Waals surface area contributed by atoms with Crippen LogP contribution in [0.25, 0.3) is 11.0 Å². The van der Waals surface area contributed by atoms with Gasteiger partial charge in [-0.05, 0) is 77.3 Å². The van der Waals surface area contributed by atoms with Crippen molar-refractivity contribution in [3.8, 4) is 0 Å². The molecule has 1 heterocycles. The number of rotatable bonds is 8. The quantitative estimate of drug-likeness (QED) is 0.256. The lowest BCUT2D eigenvalue weighted by Crippen LogP contribution is -2.38. The SMILES string of the molecule is C/C=C/C(=O)NCC(Cc1ccc(C)cc1)n1c(=NC(=O)OC(C)(C)C)n(Cc2ccc(C)cc2)c2ccccc21. The Balaban J connectivity index is 1.94. The summed E-state index contributed by atoms with van der Waals surface area (Å²) < 4.78 is 9.77. The van der Waals surface area contributed by atoms with Crippen LogP contribution < -0.4 is 10.9 Å². The lowest BCUT2D eigenvalue weighted by molar-refractivity contribution is -0.116. The highest BCUT2D eigenvalue weighted by molar-refractivity contribution is 5.87. The fraction of sp³-hybridized carbons (Fsp3) is 0.324. The Hall–Kier alpha value is -4.39. The number of amides is 2. The smallest absolute Gasteiger partial charge is 0.437 e. The maximum atomic E-state index is 13.2. The Bertz CT molecular complexity index is 1600. The van der Waals surface area contributed by atoms with Crippen molar-refractivity contribution >= 4 is 23.0 Å². The second kappa shape index (κ2) is 12.9. The summed E-state index contributed by atoms with van der Waals surface area (Å²) in [6.45, 7) is 12.3. The number of carbonyl (C=O) groups is 2. The van der Waals surface area contributed by atoms with Gasteiger partial charge in [0.1, 0.15) is 5.60 Å². The third-order valence-corrected chi connectivity index (χ3v) is 6.72. The molecule has 0 saturated carbocycles. The van der Waals surface area contributed by atoms with Crippen molar-refractivity contribution in [2.24, 2.45) is 4.99 Å². The second-order valence-corrected chi connectivity index (χ2v) is 11.4. The standard InChI is InChI=1S/C34H40N4O3/c1-7-10-31(39)35-22-28(21-26-17-13-24(2)14-18-26)38-30-12-9-8-11-29(30)37(23-27-19-15-25(3)16-20-27)32(38)36-33(40)41-34(4,5)6/h7-20,28H,21-23H2,1-6H3,(H,35,39)/b10-7+,36-32?. The minimum atomic E-state index is -0.693. The van der Waals surface area contributed by atoms with E-state index in [-0.39, 0.29) is 11.9 Å². The van der Waals surface area contributed by atoms with Crippen molar-refractivity contribution in [3.05, 3.63) is 113 Å². The van der Waals surface area contributed by atoms with Crippen LogP contribution in [0.5, 0.6) is 0 Å². The molecule has 0 aliphatic heterocycles. The van der Waals surface area contributed by atoms with Crippen LogP contribution in [-0.2, 0) is 22.5 Å². The number of hydrogen-bond donors (Lipinski definition) is 1. The fourth-order valence-corrected chi connectivity index (χ4v) is 4.79. The molecule has 214 valence electrons. The number of carbonyl (C=O) groups excluding carboxylic acids is 2. The largest absolute Gasteiger partial charge is 0.442 e. The number of para-hydroxylation sites is 2. The van der Waals surface area contributed by atoms with Gasteiger partial charge in [0.25, 0.3) is 0 Å². The van der Waals surface area contributed by atoms with E-state index >= 15 is 0 Å². The van der Waals surface area contributed by atoms with Gasteiger partial charge >= 0.3 is 6.09 Å². The van der Waals surface area contributed by atoms with Crippen molar-refractivity contribution in [3.63, 3.8) is 0 Å². The highest BCUT2D eigenvalue weighted by atomic mass is 16.6. The molecule has 0 saturated heterocycles. The summed E-state index contributed by atoms with van der Waals surface area (Å²) >= 11 is 0. The summed E-state index contributed by atoms with van der Waals surface area (Å²) in [6.07, 6.45) is 3.19. The molecule has 0 fully saturated rings. The summed E-state index contributed by atoms with van der Waals surface area (Å²) in [7, 11) is 0. The van der Waals surface area contributed by atoms with Crippen LogP contribution in [-0.4, -0.2) is 33.3 Å². The van der Waals surface area contributed by atoms with E-state index in [9.17, 15) is 9.59 Å². The zero-order valence-corrected chi connectivity index (χ0v) is 24.8. The molecule has 1 N–H and O–H groups in total. The average Bonchev–Trinajstić information content (AvgIpc) is 3.20.